The minimum atomic E-state index is -0.341. The van der Waals surface area contributed by atoms with E-state index in [2.05, 4.69) is 12.2 Å². The molecule has 2 rings (SSSR count). The number of hydrogen-bond donors (Lipinski definition) is 1. The van der Waals surface area contributed by atoms with Crippen LogP contribution < -0.4 is 5.32 Å². The Bertz CT molecular complexity index is 337. The predicted molar refractivity (Wildman–Crippen MR) is 52.2 cm³/mol. The summed E-state index contributed by atoms with van der Waals surface area (Å²) in [6.07, 6.45) is 1.12. The number of thiophene rings is 1. The van der Waals surface area contributed by atoms with E-state index in [1.54, 1.807) is 11.4 Å². The molecule has 0 saturated heterocycles. The molecule has 1 saturated carbocycles. The Labute approximate surface area is 79.7 Å². The van der Waals surface area contributed by atoms with Crippen molar-refractivity contribution in [3.63, 3.8) is 0 Å². The average molecular weight is 198 g/mol. The van der Waals surface area contributed by atoms with Gasteiger partial charge in [-0.25, -0.2) is 0 Å². The molecule has 0 amide bonds. The Hall–Kier alpha value is -1.10. The summed E-state index contributed by atoms with van der Waals surface area (Å²) in [6.45, 7) is 2.14. The van der Waals surface area contributed by atoms with Gasteiger partial charge in [-0.05, 0) is 17.7 Å². The van der Waals surface area contributed by atoms with Crippen LogP contribution in [0.3, 0.4) is 0 Å². The lowest BCUT2D eigenvalue weighted by Gasteiger charge is -1.99. The second-order valence-corrected chi connectivity index (χ2v) is 4.27. The maximum atomic E-state index is 10.5. The quantitative estimate of drug-likeness (QED) is 0.599. The molecule has 1 N–H and O–H groups in total. The molecule has 70 valence electrons. The van der Waals surface area contributed by atoms with Crippen LogP contribution in [0.5, 0.6) is 0 Å². The zero-order valence-electron chi connectivity index (χ0n) is 7.19. The Morgan fingerprint density at radius 3 is 3.00 bits per heavy atom. The van der Waals surface area contributed by atoms with E-state index >= 15 is 0 Å². The normalized spacial score (nSPS) is 25.6. The van der Waals surface area contributed by atoms with E-state index in [4.69, 9.17) is 0 Å². The lowest BCUT2D eigenvalue weighted by molar-refractivity contribution is -0.383. The SMILES string of the molecule is C[C@@H]1C[C@H]1Nc1sccc1[N+](=O)[O-]. The molecule has 0 bridgehead atoms. The minimum Gasteiger partial charge on any atom is -0.368 e. The molecule has 1 heterocycles. The van der Waals surface area contributed by atoms with Gasteiger partial charge in [0.25, 0.3) is 0 Å². The summed E-state index contributed by atoms with van der Waals surface area (Å²) in [5.41, 5.74) is 0.198. The third kappa shape index (κ3) is 1.65. The molecule has 1 aliphatic rings. The van der Waals surface area contributed by atoms with Crippen molar-refractivity contribution >= 4 is 22.0 Å². The number of nitrogens with zero attached hydrogens (tertiary/aromatic N) is 1. The molecule has 0 radical (unpaired) electrons. The molecule has 2 atom stereocenters. The molecule has 1 aliphatic carbocycles. The maximum Gasteiger partial charge on any atom is 0.303 e. The Morgan fingerprint density at radius 2 is 2.46 bits per heavy atom. The highest BCUT2D eigenvalue weighted by molar-refractivity contribution is 7.14. The van der Waals surface area contributed by atoms with Crippen LogP contribution >= 0.6 is 11.3 Å². The average Bonchev–Trinajstić information content (AvgIpc) is 2.62. The lowest BCUT2D eigenvalue weighted by Crippen LogP contribution is -2.03. The molecule has 1 aromatic heterocycles. The number of nitrogens with one attached hydrogen (secondary N) is 1. The van der Waals surface area contributed by atoms with Gasteiger partial charge in [-0.15, -0.1) is 11.3 Å². The summed E-state index contributed by atoms with van der Waals surface area (Å²) in [5, 5.41) is 16.1. The fourth-order valence-electron chi connectivity index (χ4n) is 1.25. The molecule has 5 heteroatoms. The molecular weight excluding hydrogens is 188 g/mol. The maximum absolute atomic E-state index is 10.5. The van der Waals surface area contributed by atoms with Gasteiger partial charge in [-0.3, -0.25) is 10.1 Å². The van der Waals surface area contributed by atoms with Crippen LogP contribution in [0.2, 0.25) is 0 Å². The van der Waals surface area contributed by atoms with E-state index < -0.39 is 0 Å². The van der Waals surface area contributed by atoms with E-state index in [0.717, 1.165) is 6.42 Å². The van der Waals surface area contributed by atoms with Gasteiger partial charge >= 0.3 is 5.69 Å². The van der Waals surface area contributed by atoms with E-state index in [0.29, 0.717) is 17.0 Å². The molecule has 0 spiro atoms. The summed E-state index contributed by atoms with van der Waals surface area (Å²) in [4.78, 5) is 10.2. The van der Waals surface area contributed by atoms with E-state index in [1.807, 2.05) is 0 Å². The van der Waals surface area contributed by atoms with Crippen molar-refractivity contribution < 1.29 is 4.92 Å². The molecule has 0 aromatic carbocycles. The van der Waals surface area contributed by atoms with Crippen LogP contribution in [0.4, 0.5) is 10.7 Å². The lowest BCUT2D eigenvalue weighted by atomic mass is 10.4. The first-order valence-electron chi connectivity index (χ1n) is 4.17. The summed E-state index contributed by atoms with van der Waals surface area (Å²) in [5.74, 6) is 0.654. The highest BCUT2D eigenvalue weighted by Crippen LogP contribution is 2.38. The van der Waals surface area contributed by atoms with Crippen LogP contribution in [-0.2, 0) is 0 Å². The molecule has 13 heavy (non-hydrogen) atoms. The van der Waals surface area contributed by atoms with Gasteiger partial charge in [0.05, 0.1) is 4.92 Å². The van der Waals surface area contributed by atoms with Gasteiger partial charge in [0.2, 0.25) is 0 Å². The largest absolute Gasteiger partial charge is 0.368 e. The first-order chi connectivity index (χ1) is 6.18. The van der Waals surface area contributed by atoms with Gasteiger partial charge in [-0.2, -0.15) is 0 Å². The van der Waals surface area contributed by atoms with Gasteiger partial charge in [0, 0.05) is 12.1 Å². The van der Waals surface area contributed by atoms with Crippen molar-refractivity contribution in [2.24, 2.45) is 5.92 Å². The number of nitro groups is 1. The van der Waals surface area contributed by atoms with E-state index in [9.17, 15) is 10.1 Å². The van der Waals surface area contributed by atoms with Gasteiger partial charge in [0.15, 0.2) is 5.00 Å². The summed E-state index contributed by atoms with van der Waals surface area (Å²) >= 11 is 1.40. The number of hydrogen-bond acceptors (Lipinski definition) is 4. The van der Waals surface area contributed by atoms with Crippen LogP contribution in [0.25, 0.3) is 0 Å². The predicted octanol–water partition coefficient (Wildman–Crippen LogP) is 2.48. The zero-order chi connectivity index (χ0) is 9.42. The van der Waals surface area contributed by atoms with Crippen molar-refractivity contribution in [1.82, 2.24) is 0 Å². The van der Waals surface area contributed by atoms with Crippen LogP contribution in [0, 0.1) is 16.0 Å². The monoisotopic (exact) mass is 198 g/mol. The number of rotatable bonds is 3. The molecular formula is C8H10N2O2S. The summed E-state index contributed by atoms with van der Waals surface area (Å²) in [7, 11) is 0. The van der Waals surface area contributed by atoms with E-state index in [1.165, 1.54) is 11.3 Å². The summed E-state index contributed by atoms with van der Waals surface area (Å²) < 4.78 is 0. The van der Waals surface area contributed by atoms with Crippen molar-refractivity contribution in [3.05, 3.63) is 21.6 Å². The molecule has 1 aromatic rings. The standard InChI is InChI=1S/C8H10N2O2S/c1-5-4-6(5)9-8-7(10(11)12)2-3-13-8/h2-3,5-6,9H,4H2,1H3/t5-,6-/m1/s1. The second kappa shape index (κ2) is 2.99. The fourth-order valence-corrected chi connectivity index (χ4v) is 2.06. The topological polar surface area (TPSA) is 55.2 Å². The smallest absolute Gasteiger partial charge is 0.303 e. The van der Waals surface area contributed by atoms with Crippen LogP contribution in [0.15, 0.2) is 11.4 Å². The molecule has 1 fully saturated rings. The van der Waals surface area contributed by atoms with Gasteiger partial charge in [0.1, 0.15) is 0 Å². The summed E-state index contributed by atoms with van der Waals surface area (Å²) in [6, 6.07) is 1.98. The molecule has 0 unspecified atom stereocenters. The third-order valence-corrected chi connectivity index (χ3v) is 3.10. The highest BCUT2D eigenvalue weighted by atomic mass is 32.1. The van der Waals surface area contributed by atoms with Gasteiger partial charge < -0.3 is 5.32 Å². The van der Waals surface area contributed by atoms with E-state index in [-0.39, 0.29) is 10.6 Å². The van der Waals surface area contributed by atoms with Crippen molar-refractivity contribution in [1.29, 1.82) is 0 Å². The van der Waals surface area contributed by atoms with Crippen LogP contribution in [-0.4, -0.2) is 11.0 Å². The highest BCUT2D eigenvalue weighted by Gasteiger charge is 2.34. The van der Waals surface area contributed by atoms with Gasteiger partial charge in [-0.1, -0.05) is 6.92 Å². The first kappa shape index (κ1) is 8.50. The molecule has 0 aliphatic heterocycles. The van der Waals surface area contributed by atoms with Crippen molar-refractivity contribution in [3.8, 4) is 0 Å². The fraction of sp³-hybridized carbons (Fsp3) is 0.500. The number of anilines is 1. The van der Waals surface area contributed by atoms with Crippen molar-refractivity contribution in [2.45, 2.75) is 19.4 Å². The van der Waals surface area contributed by atoms with Crippen LogP contribution in [0.1, 0.15) is 13.3 Å². The molecule has 4 nitrogen and oxygen atoms in total. The Kier molecular flexibility index (Phi) is 1.95. The Morgan fingerprint density at radius 1 is 1.77 bits per heavy atom. The minimum absolute atomic E-state index is 0.198. The zero-order valence-corrected chi connectivity index (χ0v) is 8.00. The third-order valence-electron chi connectivity index (χ3n) is 2.27. The Balaban J connectivity index is 2.11. The first-order valence-corrected chi connectivity index (χ1v) is 5.05. The van der Waals surface area contributed by atoms with Crippen molar-refractivity contribution in [2.75, 3.05) is 5.32 Å². The second-order valence-electron chi connectivity index (χ2n) is 3.36.